The van der Waals surface area contributed by atoms with Gasteiger partial charge < -0.3 is 14.5 Å². The monoisotopic (exact) mass is 567 g/mol. The number of nitrogens with zero attached hydrogens (tertiary/aromatic N) is 6. The number of likely N-dealkylation sites (tertiary alicyclic amines) is 1. The Balaban J connectivity index is 1.18. The Hall–Kier alpha value is -4.04. The second kappa shape index (κ2) is 9.55. The maximum absolute atomic E-state index is 13.2. The SMILES string of the molecule is Cc1noc(C)c1S(=O)(=O)Nc1ccc(-n2ncc3c(=O)n(CC4(O)CCN(C(=O)C5CC5)CC4)cnc32)cc1. The smallest absolute Gasteiger partial charge is 0.267 e. The van der Waals surface area contributed by atoms with Gasteiger partial charge >= 0.3 is 0 Å². The van der Waals surface area contributed by atoms with Crippen molar-refractivity contribution in [1.82, 2.24) is 29.4 Å². The zero-order valence-corrected chi connectivity index (χ0v) is 22.9. The van der Waals surface area contributed by atoms with Crippen LogP contribution < -0.4 is 10.3 Å². The Morgan fingerprint density at radius 3 is 2.50 bits per heavy atom. The van der Waals surface area contributed by atoms with Crippen molar-refractivity contribution in [2.75, 3.05) is 17.8 Å². The summed E-state index contributed by atoms with van der Waals surface area (Å²) in [5.74, 6) is 0.508. The lowest BCUT2D eigenvalue weighted by Crippen LogP contribution is -2.50. The molecule has 2 N–H and O–H groups in total. The lowest BCUT2D eigenvalue weighted by molar-refractivity contribution is -0.137. The molecule has 0 spiro atoms. The second-order valence-electron chi connectivity index (χ2n) is 10.6. The number of sulfonamides is 1. The fourth-order valence-corrected chi connectivity index (χ4v) is 6.58. The predicted molar refractivity (Wildman–Crippen MR) is 143 cm³/mol. The Kier molecular flexibility index (Phi) is 6.26. The van der Waals surface area contributed by atoms with Crippen LogP contribution in [0, 0.1) is 19.8 Å². The molecule has 0 unspecified atom stereocenters. The number of rotatable bonds is 7. The topological polar surface area (TPSA) is 165 Å². The lowest BCUT2D eigenvalue weighted by Gasteiger charge is -2.38. The number of hydrogen-bond acceptors (Lipinski definition) is 9. The molecule has 6 rings (SSSR count). The van der Waals surface area contributed by atoms with Crippen LogP contribution in [0.25, 0.3) is 16.7 Å². The van der Waals surface area contributed by atoms with Gasteiger partial charge in [-0.05, 0) is 63.8 Å². The van der Waals surface area contributed by atoms with Crippen molar-refractivity contribution in [3.63, 3.8) is 0 Å². The number of aliphatic hydroxyl groups is 1. The minimum Gasteiger partial charge on any atom is -0.388 e. The van der Waals surface area contributed by atoms with Gasteiger partial charge in [0.1, 0.15) is 17.4 Å². The Labute approximate surface area is 229 Å². The van der Waals surface area contributed by atoms with Crippen LogP contribution in [0.4, 0.5) is 5.69 Å². The summed E-state index contributed by atoms with van der Waals surface area (Å²) in [7, 11) is -3.89. The minimum atomic E-state index is -3.89. The Morgan fingerprint density at radius 2 is 1.88 bits per heavy atom. The first-order valence-corrected chi connectivity index (χ1v) is 14.5. The number of carbonyl (C=O) groups excluding carboxylic acids is 1. The number of aromatic nitrogens is 5. The van der Waals surface area contributed by atoms with E-state index in [2.05, 4.69) is 20.0 Å². The van der Waals surface area contributed by atoms with E-state index in [1.807, 2.05) is 4.90 Å². The van der Waals surface area contributed by atoms with Gasteiger partial charge in [-0.25, -0.2) is 18.1 Å². The summed E-state index contributed by atoms with van der Waals surface area (Å²) < 4.78 is 36.0. The summed E-state index contributed by atoms with van der Waals surface area (Å²) >= 11 is 0. The quantitative estimate of drug-likeness (QED) is 0.338. The van der Waals surface area contributed by atoms with Crippen LogP contribution in [0.2, 0.25) is 0 Å². The van der Waals surface area contributed by atoms with Crippen LogP contribution in [0.15, 0.2) is 51.0 Å². The molecule has 2 fully saturated rings. The number of carbonyl (C=O) groups is 1. The van der Waals surface area contributed by atoms with E-state index in [1.165, 1.54) is 28.7 Å². The van der Waals surface area contributed by atoms with Crippen molar-refractivity contribution >= 4 is 32.7 Å². The summed E-state index contributed by atoms with van der Waals surface area (Å²) in [6.07, 6.45) is 5.50. The van der Waals surface area contributed by atoms with Crippen LogP contribution in [0.1, 0.15) is 37.1 Å². The molecule has 13 nitrogen and oxygen atoms in total. The predicted octanol–water partition coefficient (Wildman–Crippen LogP) is 1.75. The number of anilines is 1. The first-order valence-electron chi connectivity index (χ1n) is 13.1. The van der Waals surface area contributed by atoms with Gasteiger partial charge in [-0.1, -0.05) is 5.16 Å². The van der Waals surface area contributed by atoms with Crippen molar-refractivity contribution < 1.29 is 22.8 Å². The number of aryl methyl sites for hydroxylation is 2. The zero-order valence-electron chi connectivity index (χ0n) is 22.1. The van der Waals surface area contributed by atoms with Crippen molar-refractivity contribution in [1.29, 1.82) is 0 Å². The van der Waals surface area contributed by atoms with E-state index in [0.717, 1.165) is 12.8 Å². The van der Waals surface area contributed by atoms with Crippen molar-refractivity contribution in [3.8, 4) is 5.69 Å². The van der Waals surface area contributed by atoms with Gasteiger partial charge in [0.15, 0.2) is 16.3 Å². The fraction of sp³-hybridized carbons (Fsp3) is 0.423. The largest absolute Gasteiger partial charge is 0.388 e. The summed E-state index contributed by atoms with van der Waals surface area (Å²) in [5, 5.41) is 19.5. The molecule has 1 aliphatic carbocycles. The first-order chi connectivity index (χ1) is 19.0. The van der Waals surface area contributed by atoms with Crippen molar-refractivity contribution in [2.24, 2.45) is 5.92 Å². The minimum absolute atomic E-state index is 0.00270. The number of fused-ring (bicyclic) bond motifs is 1. The van der Waals surface area contributed by atoms with E-state index in [4.69, 9.17) is 4.52 Å². The molecule has 0 bridgehead atoms. The Morgan fingerprint density at radius 1 is 1.18 bits per heavy atom. The number of piperidine rings is 1. The molecule has 1 saturated carbocycles. The number of benzene rings is 1. The van der Waals surface area contributed by atoms with Crippen molar-refractivity contribution in [2.45, 2.75) is 56.6 Å². The van der Waals surface area contributed by atoms with Gasteiger partial charge in [0, 0.05) is 24.7 Å². The maximum atomic E-state index is 13.2. The summed E-state index contributed by atoms with van der Waals surface area (Å²) in [5.41, 5.74) is 0.0668. The summed E-state index contributed by atoms with van der Waals surface area (Å²) in [4.78, 5) is 31.8. The maximum Gasteiger partial charge on any atom is 0.267 e. The van der Waals surface area contributed by atoms with E-state index >= 15 is 0 Å². The fourth-order valence-electron chi connectivity index (χ4n) is 5.19. The third-order valence-corrected chi connectivity index (χ3v) is 9.18. The molecular formula is C26H29N7O6S. The second-order valence-corrected chi connectivity index (χ2v) is 12.2. The molecule has 14 heteroatoms. The number of amides is 1. The molecule has 0 atom stereocenters. The molecule has 1 aromatic carbocycles. The molecule has 4 aromatic rings. The van der Waals surface area contributed by atoms with Gasteiger partial charge in [-0.15, -0.1) is 0 Å². The van der Waals surface area contributed by atoms with E-state index in [9.17, 15) is 23.1 Å². The number of hydrogen-bond donors (Lipinski definition) is 2. The zero-order chi connectivity index (χ0) is 28.2. The van der Waals surface area contributed by atoms with Gasteiger partial charge in [-0.2, -0.15) is 5.10 Å². The highest BCUT2D eigenvalue weighted by Crippen LogP contribution is 2.33. The average molecular weight is 568 g/mol. The van der Waals surface area contributed by atoms with Crippen LogP contribution in [-0.2, 0) is 21.4 Å². The molecule has 2 aliphatic rings. The van der Waals surface area contributed by atoms with E-state index in [-0.39, 0.29) is 45.7 Å². The third-order valence-electron chi connectivity index (χ3n) is 7.55. The van der Waals surface area contributed by atoms with Crippen molar-refractivity contribution in [3.05, 3.63) is 58.6 Å². The molecule has 40 heavy (non-hydrogen) atoms. The highest BCUT2D eigenvalue weighted by molar-refractivity contribution is 7.92. The summed E-state index contributed by atoms with van der Waals surface area (Å²) in [6.45, 7) is 4.10. The average Bonchev–Trinajstić information content (AvgIpc) is 3.58. The van der Waals surface area contributed by atoms with Crippen LogP contribution in [0.3, 0.4) is 0 Å². The molecule has 3 aromatic heterocycles. The lowest BCUT2D eigenvalue weighted by atomic mass is 9.91. The van der Waals surface area contributed by atoms with Gasteiger partial charge in [0.2, 0.25) is 5.91 Å². The molecule has 1 saturated heterocycles. The molecule has 4 heterocycles. The normalized spacial score (nSPS) is 17.3. The van der Waals surface area contributed by atoms with Gasteiger partial charge in [0.05, 0.1) is 24.0 Å². The highest BCUT2D eigenvalue weighted by Gasteiger charge is 2.39. The molecule has 1 aliphatic heterocycles. The number of nitrogens with one attached hydrogen (secondary N) is 1. The molecule has 210 valence electrons. The van der Waals surface area contributed by atoms with Crippen LogP contribution in [0.5, 0.6) is 0 Å². The Bertz CT molecular complexity index is 1740. The van der Waals surface area contributed by atoms with Crippen LogP contribution >= 0.6 is 0 Å². The van der Waals surface area contributed by atoms with E-state index < -0.39 is 15.6 Å². The summed E-state index contributed by atoms with van der Waals surface area (Å²) in [6, 6.07) is 6.47. The third kappa shape index (κ3) is 4.77. The van der Waals surface area contributed by atoms with E-state index in [0.29, 0.717) is 43.0 Å². The van der Waals surface area contributed by atoms with Crippen LogP contribution in [-0.4, -0.2) is 67.5 Å². The standard InChI is InChI=1S/C26H29N7O6S/c1-16-22(17(2)39-29-16)40(37,38)30-19-5-7-20(8-6-19)33-23-21(13-28-33)25(35)32(15-27-23)14-26(36)9-11-31(12-10-26)24(34)18-3-4-18/h5-8,13,15,18,30,36H,3-4,9-12,14H2,1-2H3. The molecule has 1 amide bonds. The van der Waals surface area contributed by atoms with Gasteiger partial charge in [-0.3, -0.25) is 18.9 Å². The highest BCUT2D eigenvalue weighted by atomic mass is 32.2. The first kappa shape index (κ1) is 26.2. The van der Waals surface area contributed by atoms with Gasteiger partial charge in [0.25, 0.3) is 15.6 Å². The van der Waals surface area contributed by atoms with E-state index in [1.54, 1.807) is 31.2 Å². The molecule has 0 radical (unpaired) electrons. The molecular weight excluding hydrogens is 538 g/mol.